The highest BCUT2D eigenvalue weighted by molar-refractivity contribution is 5.37. The summed E-state index contributed by atoms with van der Waals surface area (Å²) < 4.78 is 1.90. The van der Waals surface area contributed by atoms with Gasteiger partial charge >= 0.3 is 0 Å². The summed E-state index contributed by atoms with van der Waals surface area (Å²) in [5.74, 6) is 1.93. The summed E-state index contributed by atoms with van der Waals surface area (Å²) in [5.41, 5.74) is 2.10. The number of nitrogens with zero attached hydrogens (tertiary/aromatic N) is 5. The summed E-state index contributed by atoms with van der Waals surface area (Å²) in [5, 5.41) is 3.29. The first-order chi connectivity index (χ1) is 9.72. The largest absolute Gasteiger partial charge is 0.366 e. The lowest BCUT2D eigenvalue weighted by atomic mass is 10.1. The fraction of sp³-hybridized carbons (Fsp3) is 0.286. The average molecular weight is 268 g/mol. The van der Waals surface area contributed by atoms with Gasteiger partial charge in [0.1, 0.15) is 12.1 Å². The van der Waals surface area contributed by atoms with Gasteiger partial charge in [0, 0.05) is 48.7 Å². The molecule has 0 aliphatic rings. The highest BCUT2D eigenvalue weighted by Crippen LogP contribution is 2.14. The van der Waals surface area contributed by atoms with Crippen molar-refractivity contribution in [1.29, 1.82) is 0 Å². The molecule has 0 radical (unpaired) electrons. The van der Waals surface area contributed by atoms with Crippen molar-refractivity contribution in [3.05, 3.63) is 48.4 Å². The summed E-state index contributed by atoms with van der Waals surface area (Å²) >= 11 is 0. The first-order valence-electron chi connectivity index (χ1n) is 6.56. The van der Waals surface area contributed by atoms with Crippen LogP contribution in [0.3, 0.4) is 0 Å². The lowest BCUT2D eigenvalue weighted by Gasteiger charge is -2.08. The molecule has 0 bridgehead atoms. The van der Waals surface area contributed by atoms with Crippen LogP contribution in [0.5, 0.6) is 0 Å². The van der Waals surface area contributed by atoms with Crippen molar-refractivity contribution in [2.24, 2.45) is 0 Å². The molecule has 0 saturated carbocycles. The Hall–Kier alpha value is -2.50. The van der Waals surface area contributed by atoms with Gasteiger partial charge < -0.3 is 5.32 Å². The molecule has 1 N–H and O–H groups in total. The van der Waals surface area contributed by atoms with Gasteiger partial charge in [0.15, 0.2) is 0 Å². The quantitative estimate of drug-likeness (QED) is 0.786. The van der Waals surface area contributed by atoms with Crippen LogP contribution in [0.1, 0.15) is 31.0 Å². The molecule has 102 valence electrons. The third-order valence-corrected chi connectivity index (χ3v) is 3.05. The van der Waals surface area contributed by atoms with Gasteiger partial charge in [-0.1, -0.05) is 13.8 Å². The molecule has 3 heterocycles. The molecule has 3 aromatic heterocycles. The van der Waals surface area contributed by atoms with Crippen molar-refractivity contribution >= 4 is 11.6 Å². The Morgan fingerprint density at radius 1 is 1.20 bits per heavy atom. The molecule has 6 nitrogen and oxygen atoms in total. The number of hydrogen-bond acceptors (Lipinski definition) is 5. The summed E-state index contributed by atoms with van der Waals surface area (Å²) in [6.07, 6.45) is 9.04. The Bertz CT molecular complexity index is 718. The molecular weight excluding hydrogens is 252 g/mol. The lowest BCUT2D eigenvalue weighted by molar-refractivity contribution is 0.813. The molecule has 0 fully saturated rings. The predicted octanol–water partition coefficient (Wildman–Crippen LogP) is 2.25. The first-order valence-corrected chi connectivity index (χ1v) is 6.56. The minimum absolute atomic E-state index is 0.391. The molecule has 0 aliphatic heterocycles. The smallest absolute Gasteiger partial charge is 0.233 e. The highest BCUT2D eigenvalue weighted by atomic mass is 15.1. The zero-order chi connectivity index (χ0) is 13.9. The number of aromatic nitrogens is 5. The predicted molar refractivity (Wildman–Crippen MR) is 76.4 cm³/mol. The summed E-state index contributed by atoms with van der Waals surface area (Å²) in [7, 11) is 0. The summed E-state index contributed by atoms with van der Waals surface area (Å²) in [4.78, 5) is 16.9. The van der Waals surface area contributed by atoms with E-state index in [4.69, 9.17) is 0 Å². The second-order valence-electron chi connectivity index (χ2n) is 4.93. The Morgan fingerprint density at radius 3 is 2.95 bits per heavy atom. The van der Waals surface area contributed by atoms with Gasteiger partial charge in [0.25, 0.3) is 0 Å². The molecule has 0 amide bonds. The maximum atomic E-state index is 4.28. The molecule has 3 aromatic rings. The summed E-state index contributed by atoms with van der Waals surface area (Å²) in [6.45, 7) is 4.89. The van der Waals surface area contributed by atoms with Crippen molar-refractivity contribution in [2.75, 3.05) is 5.32 Å². The molecule has 0 atom stereocenters. The molecule has 0 spiro atoms. The summed E-state index contributed by atoms with van der Waals surface area (Å²) in [6, 6.07) is 1.98. The minimum atomic E-state index is 0.391. The SMILES string of the molecule is CC(C)c1cc(NCc2cnc3nccn3c2)ncn1. The third kappa shape index (κ3) is 2.59. The number of imidazole rings is 1. The third-order valence-electron chi connectivity index (χ3n) is 3.05. The van der Waals surface area contributed by atoms with Crippen molar-refractivity contribution in [1.82, 2.24) is 24.3 Å². The van der Waals surface area contributed by atoms with E-state index in [0.29, 0.717) is 18.2 Å². The van der Waals surface area contributed by atoms with Crippen molar-refractivity contribution in [3.63, 3.8) is 0 Å². The van der Waals surface area contributed by atoms with Gasteiger partial charge in [0.05, 0.1) is 0 Å². The van der Waals surface area contributed by atoms with E-state index >= 15 is 0 Å². The van der Waals surface area contributed by atoms with E-state index in [-0.39, 0.29) is 0 Å². The minimum Gasteiger partial charge on any atom is -0.366 e. The van der Waals surface area contributed by atoms with E-state index in [0.717, 1.165) is 17.1 Å². The Labute approximate surface area is 116 Å². The van der Waals surface area contributed by atoms with E-state index in [1.54, 1.807) is 12.5 Å². The normalized spacial score (nSPS) is 11.2. The van der Waals surface area contributed by atoms with Gasteiger partial charge in [-0.2, -0.15) is 0 Å². The highest BCUT2D eigenvalue weighted by Gasteiger charge is 2.03. The molecular formula is C14H16N6. The molecule has 0 saturated heterocycles. The number of fused-ring (bicyclic) bond motifs is 1. The zero-order valence-electron chi connectivity index (χ0n) is 11.5. The Morgan fingerprint density at radius 2 is 2.10 bits per heavy atom. The molecule has 0 aromatic carbocycles. The van der Waals surface area contributed by atoms with Crippen LogP contribution < -0.4 is 5.32 Å². The molecule has 0 unspecified atom stereocenters. The zero-order valence-corrected chi connectivity index (χ0v) is 11.5. The lowest BCUT2D eigenvalue weighted by Crippen LogP contribution is -2.05. The van der Waals surface area contributed by atoms with Crippen LogP contribution in [0, 0.1) is 0 Å². The maximum Gasteiger partial charge on any atom is 0.233 e. The van der Waals surface area contributed by atoms with Crippen LogP contribution in [-0.4, -0.2) is 24.3 Å². The number of rotatable bonds is 4. The second kappa shape index (κ2) is 5.24. The first kappa shape index (κ1) is 12.5. The van der Waals surface area contributed by atoms with E-state index in [1.165, 1.54) is 0 Å². The van der Waals surface area contributed by atoms with Crippen molar-refractivity contribution < 1.29 is 0 Å². The second-order valence-corrected chi connectivity index (χ2v) is 4.93. The number of nitrogens with one attached hydrogen (secondary N) is 1. The van der Waals surface area contributed by atoms with Crippen LogP contribution in [-0.2, 0) is 6.54 Å². The van der Waals surface area contributed by atoms with Gasteiger partial charge in [-0.25, -0.2) is 19.9 Å². The van der Waals surface area contributed by atoms with Crippen molar-refractivity contribution in [2.45, 2.75) is 26.3 Å². The van der Waals surface area contributed by atoms with Crippen LogP contribution in [0.4, 0.5) is 5.82 Å². The van der Waals surface area contributed by atoms with Crippen molar-refractivity contribution in [3.8, 4) is 0 Å². The molecule has 0 aliphatic carbocycles. The van der Waals surface area contributed by atoms with E-state index in [1.807, 2.05) is 29.1 Å². The standard InChI is InChI=1S/C14H16N6/c1-10(2)12-5-13(19-9-18-12)16-6-11-7-17-14-15-3-4-20(14)8-11/h3-5,7-10H,6H2,1-2H3,(H,16,18,19). The fourth-order valence-electron chi connectivity index (χ4n) is 1.93. The Balaban J connectivity index is 1.73. The maximum absolute atomic E-state index is 4.28. The fourth-order valence-corrected chi connectivity index (χ4v) is 1.93. The van der Waals surface area contributed by atoms with Crippen LogP contribution in [0.15, 0.2) is 37.2 Å². The van der Waals surface area contributed by atoms with Crippen LogP contribution in [0.2, 0.25) is 0 Å². The van der Waals surface area contributed by atoms with Crippen LogP contribution in [0.25, 0.3) is 5.78 Å². The monoisotopic (exact) mass is 268 g/mol. The van der Waals surface area contributed by atoms with E-state index < -0.39 is 0 Å². The number of hydrogen-bond donors (Lipinski definition) is 1. The van der Waals surface area contributed by atoms with Gasteiger partial charge in [-0.3, -0.25) is 4.40 Å². The van der Waals surface area contributed by atoms with Gasteiger partial charge in [-0.05, 0) is 5.92 Å². The molecule has 6 heteroatoms. The van der Waals surface area contributed by atoms with E-state index in [9.17, 15) is 0 Å². The van der Waals surface area contributed by atoms with Gasteiger partial charge in [-0.15, -0.1) is 0 Å². The molecule has 3 rings (SSSR count). The van der Waals surface area contributed by atoms with Gasteiger partial charge in [0.2, 0.25) is 5.78 Å². The Kier molecular flexibility index (Phi) is 3.28. The topological polar surface area (TPSA) is 68.0 Å². The average Bonchev–Trinajstić information content (AvgIpc) is 2.93. The number of anilines is 1. The van der Waals surface area contributed by atoms with Crippen LogP contribution >= 0.6 is 0 Å². The molecule has 20 heavy (non-hydrogen) atoms. The van der Waals surface area contributed by atoms with E-state index in [2.05, 4.69) is 39.1 Å².